The largest absolute Gasteiger partial charge is 0.481 e. The average Bonchev–Trinajstić information content (AvgIpc) is 3.35. The lowest BCUT2D eigenvalue weighted by Crippen LogP contribution is -2.50. The van der Waals surface area contributed by atoms with E-state index in [2.05, 4.69) is 15.0 Å². The van der Waals surface area contributed by atoms with Crippen molar-refractivity contribution in [2.75, 3.05) is 23.4 Å². The molecule has 5 N–H and O–H groups in total. The highest BCUT2D eigenvalue weighted by Gasteiger charge is 2.35. The van der Waals surface area contributed by atoms with E-state index in [1.165, 1.54) is 11.1 Å². The normalized spacial score (nSPS) is 12.5. The number of aromatic amines is 1. The zero-order valence-electron chi connectivity index (χ0n) is 20.3. The lowest BCUT2D eigenvalue weighted by atomic mass is 9.98. The van der Waals surface area contributed by atoms with Crippen LogP contribution in [-0.4, -0.2) is 57.6 Å². The number of nitrogens with two attached hydrogens (primary N) is 1. The maximum atomic E-state index is 13.4. The summed E-state index contributed by atoms with van der Waals surface area (Å²) in [6, 6.07) is 14.5. The summed E-state index contributed by atoms with van der Waals surface area (Å²) in [5, 5.41) is 17.7. The number of anilines is 2. The highest BCUT2D eigenvalue weighted by molar-refractivity contribution is 5.95. The van der Waals surface area contributed by atoms with Crippen molar-refractivity contribution in [3.8, 4) is 5.75 Å². The van der Waals surface area contributed by atoms with Gasteiger partial charge in [-0.15, -0.1) is 0 Å². The van der Waals surface area contributed by atoms with Crippen LogP contribution in [0.5, 0.6) is 5.75 Å². The molecule has 4 aromatic rings. The first-order valence-corrected chi connectivity index (χ1v) is 11.5. The van der Waals surface area contributed by atoms with E-state index >= 15 is 0 Å². The van der Waals surface area contributed by atoms with E-state index in [9.17, 15) is 14.7 Å². The molecule has 2 aromatic carbocycles. The van der Waals surface area contributed by atoms with Crippen LogP contribution in [0.3, 0.4) is 0 Å². The van der Waals surface area contributed by atoms with E-state index in [1.54, 1.807) is 86.0 Å². The molecule has 0 aliphatic heterocycles. The minimum absolute atomic E-state index is 0.0523. The number of carboxylic acid groups (broad SMARTS) is 1. The number of carboxylic acids is 1. The third-order valence-electron chi connectivity index (χ3n) is 6.11. The fourth-order valence-corrected chi connectivity index (χ4v) is 4.04. The monoisotopic (exact) mass is 501 g/mol. The molecule has 0 aliphatic carbocycles. The van der Waals surface area contributed by atoms with Crippen molar-refractivity contribution in [1.82, 2.24) is 15.0 Å². The number of pyridine rings is 1. The Morgan fingerprint density at radius 2 is 1.92 bits per heavy atom. The van der Waals surface area contributed by atoms with Gasteiger partial charge in [0.2, 0.25) is 0 Å². The molecule has 0 aliphatic rings. The molecule has 0 fully saturated rings. The smallest absolute Gasteiger partial charge is 0.420 e. The number of carbonyl (C=O) groups excluding carboxylic acids is 1. The first-order chi connectivity index (χ1) is 17.7. The SMILES string of the molecule is CC(C(CN(C)c1ccc(C(=N)N)cc1)C(=O)O)N(C(=O)Oc1ccc2nc[nH]c2c1)c1cccnc1. The summed E-state index contributed by atoms with van der Waals surface area (Å²) in [6.45, 7) is 1.76. The van der Waals surface area contributed by atoms with Crippen LogP contribution < -0.4 is 20.3 Å². The highest BCUT2D eigenvalue weighted by atomic mass is 16.6. The molecule has 11 nitrogen and oxygen atoms in total. The van der Waals surface area contributed by atoms with Gasteiger partial charge in [-0.25, -0.2) is 9.78 Å². The summed E-state index contributed by atoms with van der Waals surface area (Å²) in [5.74, 6) is -1.82. The van der Waals surface area contributed by atoms with Crippen LogP contribution in [0, 0.1) is 11.3 Å². The summed E-state index contributed by atoms with van der Waals surface area (Å²) in [7, 11) is 1.76. The number of ether oxygens (including phenoxy) is 1. The third-order valence-corrected chi connectivity index (χ3v) is 6.11. The fourth-order valence-electron chi connectivity index (χ4n) is 4.04. The number of nitrogens with zero attached hydrogens (tertiary/aromatic N) is 4. The van der Waals surface area contributed by atoms with Crippen LogP contribution in [0.4, 0.5) is 16.2 Å². The number of nitrogens with one attached hydrogen (secondary N) is 2. The first kappa shape index (κ1) is 25.2. The van der Waals surface area contributed by atoms with E-state index in [0.29, 0.717) is 16.8 Å². The molecule has 4 rings (SSSR count). The Hall–Kier alpha value is -4.93. The second-order valence-electron chi connectivity index (χ2n) is 8.56. The average molecular weight is 502 g/mol. The number of amidine groups is 1. The first-order valence-electron chi connectivity index (χ1n) is 11.5. The number of H-pyrrole nitrogens is 1. The van der Waals surface area contributed by atoms with E-state index in [0.717, 1.165) is 11.2 Å². The molecule has 2 heterocycles. The fraction of sp³-hybridized carbons (Fsp3) is 0.192. The van der Waals surface area contributed by atoms with Crippen molar-refractivity contribution < 1.29 is 19.4 Å². The van der Waals surface area contributed by atoms with Gasteiger partial charge in [-0.3, -0.25) is 20.1 Å². The van der Waals surface area contributed by atoms with Crippen molar-refractivity contribution in [3.05, 3.63) is 78.9 Å². The molecule has 190 valence electrons. The molecule has 11 heteroatoms. The summed E-state index contributed by atoms with van der Waals surface area (Å²) in [4.78, 5) is 40.1. The van der Waals surface area contributed by atoms with Crippen LogP contribution in [-0.2, 0) is 4.79 Å². The van der Waals surface area contributed by atoms with Crippen molar-refractivity contribution in [2.24, 2.45) is 11.7 Å². The van der Waals surface area contributed by atoms with E-state index in [4.69, 9.17) is 15.9 Å². The Morgan fingerprint density at radius 1 is 1.16 bits per heavy atom. The second kappa shape index (κ2) is 10.8. The number of imidazole rings is 1. The van der Waals surface area contributed by atoms with Gasteiger partial charge in [0, 0.05) is 37.1 Å². The van der Waals surface area contributed by atoms with Crippen LogP contribution in [0.15, 0.2) is 73.3 Å². The molecular weight excluding hydrogens is 474 g/mol. The zero-order valence-corrected chi connectivity index (χ0v) is 20.3. The Morgan fingerprint density at radius 3 is 2.57 bits per heavy atom. The van der Waals surface area contributed by atoms with Crippen LogP contribution in [0.25, 0.3) is 11.0 Å². The Bertz CT molecular complexity index is 1410. The van der Waals surface area contributed by atoms with E-state index in [1.807, 2.05) is 0 Å². The van der Waals surface area contributed by atoms with E-state index in [-0.39, 0.29) is 18.1 Å². The molecular formula is C26H27N7O4. The summed E-state index contributed by atoms with van der Waals surface area (Å²) in [5.41, 5.74) is 8.67. The maximum Gasteiger partial charge on any atom is 0.420 e. The molecule has 2 unspecified atom stereocenters. The van der Waals surface area contributed by atoms with Crippen LogP contribution in [0.2, 0.25) is 0 Å². The molecule has 0 radical (unpaired) electrons. The molecule has 1 amide bonds. The van der Waals surface area contributed by atoms with Gasteiger partial charge in [0.25, 0.3) is 0 Å². The summed E-state index contributed by atoms with van der Waals surface area (Å²) >= 11 is 0. The van der Waals surface area contributed by atoms with Gasteiger partial charge in [0.05, 0.1) is 41.2 Å². The minimum atomic E-state index is -1.07. The number of rotatable bonds is 9. The predicted octanol–water partition coefficient (Wildman–Crippen LogP) is 3.47. The van der Waals surface area contributed by atoms with Gasteiger partial charge >= 0.3 is 12.1 Å². The van der Waals surface area contributed by atoms with E-state index < -0.39 is 24.0 Å². The predicted molar refractivity (Wildman–Crippen MR) is 140 cm³/mol. The number of benzene rings is 2. The number of hydrogen-bond donors (Lipinski definition) is 4. The van der Waals surface area contributed by atoms with Crippen molar-refractivity contribution in [3.63, 3.8) is 0 Å². The topological polar surface area (TPSA) is 162 Å². The Balaban J connectivity index is 1.59. The number of carbonyl (C=O) groups is 2. The second-order valence-corrected chi connectivity index (χ2v) is 8.56. The van der Waals surface area contributed by atoms with Gasteiger partial charge in [-0.1, -0.05) is 0 Å². The number of hydrogen-bond acceptors (Lipinski definition) is 7. The number of aliphatic carboxylic acids is 1. The number of fused-ring (bicyclic) bond motifs is 1. The molecule has 0 saturated heterocycles. The van der Waals surface area contributed by atoms with Gasteiger partial charge < -0.3 is 25.5 Å². The standard InChI is InChI=1S/C26H27N7O4/c1-16(21(25(34)35)14-32(2)18-7-5-17(6-8-18)24(27)28)33(19-4-3-11-29-13-19)26(36)37-20-9-10-22-23(12-20)31-15-30-22/h3-13,15-16,21H,14H2,1-2H3,(H3,27,28)(H,30,31)(H,34,35). The quantitative estimate of drug-likeness (QED) is 0.200. The maximum absolute atomic E-state index is 13.4. The Labute approximate surface area is 213 Å². The number of amides is 1. The zero-order chi connectivity index (χ0) is 26.5. The molecule has 0 spiro atoms. The van der Waals surface area contributed by atoms with Gasteiger partial charge in [-0.2, -0.15) is 0 Å². The molecule has 37 heavy (non-hydrogen) atoms. The minimum Gasteiger partial charge on any atom is -0.481 e. The molecule has 2 aromatic heterocycles. The number of aromatic nitrogens is 3. The molecule has 2 atom stereocenters. The lowest BCUT2D eigenvalue weighted by Gasteiger charge is -2.34. The van der Waals surface area contributed by atoms with Crippen molar-refractivity contribution >= 4 is 40.3 Å². The van der Waals surface area contributed by atoms with Gasteiger partial charge in [-0.05, 0) is 55.5 Å². The van der Waals surface area contributed by atoms with Gasteiger partial charge in [0.15, 0.2) is 0 Å². The highest BCUT2D eigenvalue weighted by Crippen LogP contribution is 2.26. The third kappa shape index (κ3) is 5.67. The number of nitrogen functional groups attached to an aromatic ring is 1. The molecule has 0 bridgehead atoms. The Kier molecular flexibility index (Phi) is 7.33. The summed E-state index contributed by atoms with van der Waals surface area (Å²) in [6.07, 6.45) is 3.86. The molecule has 0 saturated carbocycles. The van der Waals surface area contributed by atoms with Gasteiger partial charge in [0.1, 0.15) is 11.6 Å². The van der Waals surface area contributed by atoms with Crippen LogP contribution in [0.1, 0.15) is 12.5 Å². The summed E-state index contributed by atoms with van der Waals surface area (Å²) < 4.78 is 5.66. The lowest BCUT2D eigenvalue weighted by molar-refractivity contribution is -0.141. The van der Waals surface area contributed by atoms with Crippen LogP contribution >= 0.6 is 0 Å². The van der Waals surface area contributed by atoms with Crippen molar-refractivity contribution in [2.45, 2.75) is 13.0 Å². The van der Waals surface area contributed by atoms with Crippen molar-refractivity contribution in [1.29, 1.82) is 5.41 Å².